The summed E-state index contributed by atoms with van der Waals surface area (Å²) in [6, 6.07) is 8.63. The van der Waals surface area contributed by atoms with Crippen molar-refractivity contribution in [2.75, 3.05) is 6.54 Å². The summed E-state index contributed by atoms with van der Waals surface area (Å²) in [5.74, 6) is 0.964. The molecule has 1 aromatic heterocycles. The molecule has 1 unspecified atom stereocenters. The lowest BCUT2D eigenvalue weighted by molar-refractivity contribution is 0.301. The van der Waals surface area contributed by atoms with Crippen LogP contribution in [0, 0.1) is 6.92 Å². The molecule has 0 amide bonds. The number of aryl methyl sites for hydroxylation is 1. The van der Waals surface area contributed by atoms with Crippen LogP contribution in [0.3, 0.4) is 0 Å². The normalized spacial score (nSPS) is 12.3. The molecule has 0 aliphatic rings. The fraction of sp³-hybridized carbons (Fsp3) is 0.438. The van der Waals surface area contributed by atoms with Gasteiger partial charge in [0.15, 0.2) is 0 Å². The molecule has 2 rings (SSSR count). The molecule has 108 valence electrons. The molecule has 0 saturated heterocycles. The van der Waals surface area contributed by atoms with Gasteiger partial charge in [-0.15, -0.1) is 11.3 Å². The minimum Gasteiger partial charge on any atom is -0.488 e. The second kappa shape index (κ2) is 7.41. The summed E-state index contributed by atoms with van der Waals surface area (Å²) in [5.41, 5.74) is 1.23. The van der Waals surface area contributed by atoms with Gasteiger partial charge >= 0.3 is 0 Å². The third-order valence-electron chi connectivity index (χ3n) is 3.19. The lowest BCUT2D eigenvalue weighted by atomic mass is 10.0. The fourth-order valence-corrected chi connectivity index (χ4v) is 2.95. The van der Waals surface area contributed by atoms with Crippen molar-refractivity contribution in [1.29, 1.82) is 0 Å². The number of aromatic nitrogens is 1. The predicted molar refractivity (Wildman–Crippen MR) is 84.3 cm³/mol. The topological polar surface area (TPSA) is 34.1 Å². The lowest BCUT2D eigenvalue weighted by Crippen LogP contribution is -2.20. The van der Waals surface area contributed by atoms with Gasteiger partial charge in [-0.3, -0.25) is 0 Å². The number of thiazole rings is 1. The molecule has 2 aromatic rings. The highest BCUT2D eigenvalue weighted by molar-refractivity contribution is 7.11. The van der Waals surface area contributed by atoms with Crippen molar-refractivity contribution in [3.8, 4) is 5.75 Å². The van der Waals surface area contributed by atoms with Crippen LogP contribution in [0.5, 0.6) is 5.75 Å². The van der Waals surface area contributed by atoms with E-state index in [2.05, 4.69) is 36.3 Å². The van der Waals surface area contributed by atoms with Crippen molar-refractivity contribution in [2.45, 2.75) is 39.8 Å². The molecule has 0 aliphatic heterocycles. The van der Waals surface area contributed by atoms with Crippen molar-refractivity contribution in [3.05, 3.63) is 45.9 Å². The summed E-state index contributed by atoms with van der Waals surface area (Å²) in [4.78, 5) is 5.42. The summed E-state index contributed by atoms with van der Waals surface area (Å²) < 4.78 is 6.00. The Morgan fingerprint density at radius 3 is 2.75 bits per heavy atom. The van der Waals surface area contributed by atoms with Crippen LogP contribution < -0.4 is 10.1 Å². The molecule has 1 aromatic carbocycles. The Morgan fingerprint density at radius 2 is 2.10 bits per heavy atom. The van der Waals surface area contributed by atoms with Gasteiger partial charge in [0.25, 0.3) is 0 Å². The number of hydrogen-bond acceptors (Lipinski definition) is 4. The van der Waals surface area contributed by atoms with Crippen LogP contribution in [0.15, 0.2) is 30.5 Å². The minimum atomic E-state index is 0.347. The van der Waals surface area contributed by atoms with Crippen molar-refractivity contribution in [1.82, 2.24) is 10.3 Å². The predicted octanol–water partition coefficient (Wildman–Crippen LogP) is 4.09. The molecular weight excluding hydrogens is 268 g/mol. The largest absolute Gasteiger partial charge is 0.488 e. The first kappa shape index (κ1) is 15.0. The Bertz CT molecular complexity index is 539. The van der Waals surface area contributed by atoms with Gasteiger partial charge in [-0.1, -0.05) is 32.0 Å². The van der Waals surface area contributed by atoms with E-state index in [9.17, 15) is 0 Å². The number of nitrogens with zero attached hydrogens (tertiary/aromatic N) is 1. The molecule has 1 N–H and O–H groups in total. The molecule has 1 atom stereocenters. The van der Waals surface area contributed by atoms with Crippen LogP contribution >= 0.6 is 11.3 Å². The first-order valence-electron chi connectivity index (χ1n) is 7.11. The molecule has 0 fully saturated rings. The first-order valence-corrected chi connectivity index (χ1v) is 7.92. The monoisotopic (exact) mass is 290 g/mol. The van der Waals surface area contributed by atoms with Gasteiger partial charge in [0.2, 0.25) is 0 Å². The third-order valence-corrected chi connectivity index (χ3v) is 4.08. The van der Waals surface area contributed by atoms with Crippen LogP contribution in [0.1, 0.15) is 41.8 Å². The van der Waals surface area contributed by atoms with Crippen LogP contribution in [-0.4, -0.2) is 11.5 Å². The average Bonchev–Trinajstić information content (AvgIpc) is 2.89. The van der Waals surface area contributed by atoms with Crippen molar-refractivity contribution < 1.29 is 4.74 Å². The van der Waals surface area contributed by atoms with E-state index in [1.165, 1.54) is 5.56 Å². The Balaban J connectivity index is 2.10. The van der Waals surface area contributed by atoms with Crippen LogP contribution in [0.4, 0.5) is 0 Å². The maximum atomic E-state index is 6.00. The highest BCUT2D eigenvalue weighted by atomic mass is 32.1. The Labute approximate surface area is 125 Å². The molecule has 0 saturated carbocycles. The maximum Gasteiger partial charge on any atom is 0.124 e. The summed E-state index contributed by atoms with van der Waals surface area (Å²) in [6.07, 6.45) is 2.94. The summed E-state index contributed by atoms with van der Waals surface area (Å²) >= 11 is 1.69. The minimum absolute atomic E-state index is 0.347. The molecule has 4 heteroatoms. The molecule has 3 nitrogen and oxygen atoms in total. The number of hydrogen-bond donors (Lipinski definition) is 1. The molecule has 1 heterocycles. The summed E-state index contributed by atoms with van der Waals surface area (Å²) in [5, 5.41) is 4.58. The molecule has 0 aliphatic carbocycles. The van der Waals surface area contributed by atoms with E-state index in [0.717, 1.165) is 28.6 Å². The zero-order valence-electron chi connectivity index (χ0n) is 12.3. The third kappa shape index (κ3) is 3.81. The zero-order valence-corrected chi connectivity index (χ0v) is 13.2. The smallest absolute Gasteiger partial charge is 0.124 e. The quantitative estimate of drug-likeness (QED) is 0.834. The molecule has 0 bridgehead atoms. The SMILES string of the molecule is CCNC(CC)c1ccccc1OCc1cnc(C)s1. The first-order chi connectivity index (χ1) is 9.74. The van der Waals surface area contributed by atoms with Gasteiger partial charge in [-0.25, -0.2) is 4.98 Å². The second-order valence-corrected chi connectivity index (χ2v) is 6.01. The van der Waals surface area contributed by atoms with Gasteiger partial charge in [0, 0.05) is 17.8 Å². The number of ether oxygens (including phenoxy) is 1. The highest BCUT2D eigenvalue weighted by Gasteiger charge is 2.13. The van der Waals surface area contributed by atoms with Crippen LogP contribution in [-0.2, 0) is 6.61 Å². The molecule has 0 radical (unpaired) electrons. The van der Waals surface area contributed by atoms with E-state index in [4.69, 9.17) is 4.74 Å². The summed E-state index contributed by atoms with van der Waals surface area (Å²) in [6.45, 7) is 7.88. The Hall–Kier alpha value is -1.39. The van der Waals surface area contributed by atoms with E-state index in [-0.39, 0.29) is 0 Å². The molecule has 20 heavy (non-hydrogen) atoms. The van der Waals surface area contributed by atoms with Gasteiger partial charge in [-0.05, 0) is 26.0 Å². The average molecular weight is 290 g/mol. The van der Waals surface area contributed by atoms with Gasteiger partial charge in [-0.2, -0.15) is 0 Å². The Kier molecular flexibility index (Phi) is 5.56. The maximum absolute atomic E-state index is 6.00. The Morgan fingerprint density at radius 1 is 1.30 bits per heavy atom. The van der Waals surface area contributed by atoms with Crippen molar-refractivity contribution >= 4 is 11.3 Å². The van der Waals surface area contributed by atoms with Gasteiger partial charge in [0.05, 0.1) is 9.88 Å². The molecule has 0 spiro atoms. The van der Waals surface area contributed by atoms with E-state index in [1.807, 2.05) is 25.3 Å². The summed E-state index contributed by atoms with van der Waals surface area (Å²) in [7, 11) is 0. The van der Waals surface area contributed by atoms with Gasteiger partial charge in [0.1, 0.15) is 12.4 Å². The van der Waals surface area contributed by atoms with Crippen molar-refractivity contribution in [2.24, 2.45) is 0 Å². The van der Waals surface area contributed by atoms with Crippen LogP contribution in [0.2, 0.25) is 0 Å². The van der Waals surface area contributed by atoms with Gasteiger partial charge < -0.3 is 10.1 Å². The van der Waals surface area contributed by atoms with Crippen LogP contribution in [0.25, 0.3) is 0 Å². The zero-order chi connectivity index (χ0) is 14.4. The van der Waals surface area contributed by atoms with E-state index in [1.54, 1.807) is 11.3 Å². The molecular formula is C16H22N2OS. The number of nitrogens with one attached hydrogen (secondary N) is 1. The lowest BCUT2D eigenvalue weighted by Gasteiger charge is -2.19. The second-order valence-electron chi connectivity index (χ2n) is 4.69. The number of para-hydroxylation sites is 1. The number of rotatable bonds is 7. The van der Waals surface area contributed by atoms with Crippen molar-refractivity contribution in [3.63, 3.8) is 0 Å². The van der Waals surface area contributed by atoms with E-state index >= 15 is 0 Å². The number of benzene rings is 1. The fourth-order valence-electron chi connectivity index (χ4n) is 2.24. The van der Waals surface area contributed by atoms with E-state index in [0.29, 0.717) is 12.6 Å². The highest BCUT2D eigenvalue weighted by Crippen LogP contribution is 2.28. The standard InChI is InChI=1S/C16H22N2OS/c1-4-15(17-5-2)14-8-6-7-9-16(14)19-11-13-10-18-12(3)20-13/h6-10,15,17H,4-5,11H2,1-3H3. The van der Waals surface area contributed by atoms with E-state index < -0.39 is 0 Å².